The van der Waals surface area contributed by atoms with Crippen molar-refractivity contribution in [1.82, 2.24) is 15.0 Å². The van der Waals surface area contributed by atoms with Gasteiger partial charge >= 0.3 is 5.97 Å². The molecule has 0 saturated carbocycles. The van der Waals surface area contributed by atoms with Gasteiger partial charge in [0.25, 0.3) is 0 Å². The van der Waals surface area contributed by atoms with Crippen molar-refractivity contribution in [2.75, 3.05) is 0 Å². The third-order valence-electron chi connectivity index (χ3n) is 2.17. The Morgan fingerprint density at radius 3 is 3.00 bits per heavy atom. The molecule has 0 aliphatic rings. The largest absolute Gasteiger partial charge is 0.481 e. The first-order chi connectivity index (χ1) is 7.22. The Bertz CT molecular complexity index is 309. The molecule has 1 rings (SSSR count). The average Bonchev–Trinajstić information content (AvgIpc) is 2.63. The number of aromatic nitrogens is 3. The van der Waals surface area contributed by atoms with Crippen LogP contribution in [0, 0.1) is 0 Å². The monoisotopic (exact) mass is 211 g/mol. The Hall–Kier alpha value is -1.39. The zero-order valence-corrected chi connectivity index (χ0v) is 9.02. The minimum Gasteiger partial charge on any atom is -0.481 e. The van der Waals surface area contributed by atoms with E-state index in [1.54, 1.807) is 4.68 Å². The Morgan fingerprint density at radius 2 is 2.33 bits per heavy atom. The van der Waals surface area contributed by atoms with Gasteiger partial charge in [0.05, 0.1) is 12.1 Å². The number of rotatable bonds is 7. The molecule has 5 nitrogen and oxygen atoms in total. The molecule has 0 radical (unpaired) electrons. The van der Waals surface area contributed by atoms with E-state index in [0.717, 1.165) is 18.7 Å². The summed E-state index contributed by atoms with van der Waals surface area (Å²) in [4.78, 5) is 10.3. The van der Waals surface area contributed by atoms with E-state index in [9.17, 15) is 4.79 Å². The van der Waals surface area contributed by atoms with E-state index >= 15 is 0 Å². The average molecular weight is 211 g/mol. The van der Waals surface area contributed by atoms with Crippen LogP contribution in [0.25, 0.3) is 0 Å². The maximum Gasteiger partial charge on any atom is 0.303 e. The van der Waals surface area contributed by atoms with Crippen molar-refractivity contribution >= 4 is 5.97 Å². The van der Waals surface area contributed by atoms with Crippen molar-refractivity contribution in [2.24, 2.45) is 0 Å². The zero-order valence-electron chi connectivity index (χ0n) is 9.02. The molecule has 1 N–H and O–H groups in total. The second-order valence-electron chi connectivity index (χ2n) is 3.57. The molecule has 0 fully saturated rings. The molecule has 0 bridgehead atoms. The predicted octanol–water partition coefficient (Wildman–Crippen LogP) is 1.49. The SMILES string of the molecule is CCCCCn1cc(CCC(=O)O)nn1. The molecule has 0 aliphatic heterocycles. The standard InChI is InChI=1S/C10H17N3O2/c1-2-3-4-7-13-8-9(11-12-13)5-6-10(14)15/h8H,2-7H2,1H3,(H,14,15). The Balaban J connectivity index is 2.32. The predicted molar refractivity (Wildman–Crippen MR) is 55.5 cm³/mol. The molecule has 84 valence electrons. The molecule has 0 aliphatic carbocycles. The van der Waals surface area contributed by atoms with Crippen LogP contribution in [0.4, 0.5) is 0 Å². The van der Waals surface area contributed by atoms with Gasteiger partial charge in [-0.2, -0.15) is 0 Å². The van der Waals surface area contributed by atoms with Gasteiger partial charge in [-0.1, -0.05) is 25.0 Å². The summed E-state index contributed by atoms with van der Waals surface area (Å²) in [7, 11) is 0. The van der Waals surface area contributed by atoms with E-state index in [-0.39, 0.29) is 6.42 Å². The fraction of sp³-hybridized carbons (Fsp3) is 0.700. The highest BCUT2D eigenvalue weighted by Crippen LogP contribution is 2.01. The molecule has 0 aromatic carbocycles. The lowest BCUT2D eigenvalue weighted by atomic mass is 10.2. The van der Waals surface area contributed by atoms with E-state index in [0.29, 0.717) is 6.42 Å². The number of carbonyl (C=O) groups is 1. The van der Waals surface area contributed by atoms with Crippen LogP contribution in [0.5, 0.6) is 0 Å². The first-order valence-electron chi connectivity index (χ1n) is 5.33. The second kappa shape index (κ2) is 6.16. The number of carboxylic acid groups (broad SMARTS) is 1. The van der Waals surface area contributed by atoms with E-state index in [4.69, 9.17) is 5.11 Å². The first kappa shape index (κ1) is 11.7. The van der Waals surface area contributed by atoms with E-state index in [1.807, 2.05) is 6.20 Å². The lowest BCUT2D eigenvalue weighted by molar-refractivity contribution is -0.136. The Morgan fingerprint density at radius 1 is 1.53 bits per heavy atom. The van der Waals surface area contributed by atoms with Gasteiger partial charge in [0, 0.05) is 19.2 Å². The molecule has 5 heteroatoms. The van der Waals surface area contributed by atoms with Crippen LogP contribution in [0.15, 0.2) is 6.20 Å². The minimum absolute atomic E-state index is 0.119. The molecule has 0 spiro atoms. The van der Waals surface area contributed by atoms with Crippen LogP contribution < -0.4 is 0 Å². The first-order valence-corrected chi connectivity index (χ1v) is 5.33. The number of aryl methyl sites for hydroxylation is 2. The molecule has 1 aromatic heterocycles. The van der Waals surface area contributed by atoms with Crippen LogP contribution in [0.2, 0.25) is 0 Å². The summed E-state index contributed by atoms with van der Waals surface area (Å²) < 4.78 is 1.78. The second-order valence-corrected chi connectivity index (χ2v) is 3.57. The number of aliphatic carboxylic acids is 1. The molecule has 1 heterocycles. The van der Waals surface area contributed by atoms with Gasteiger partial charge < -0.3 is 5.11 Å². The topological polar surface area (TPSA) is 68.0 Å². The fourth-order valence-electron chi connectivity index (χ4n) is 1.32. The van der Waals surface area contributed by atoms with Crippen molar-refractivity contribution in [3.8, 4) is 0 Å². The summed E-state index contributed by atoms with van der Waals surface area (Å²) in [5.74, 6) is -0.796. The molecule has 0 unspecified atom stereocenters. The third-order valence-corrected chi connectivity index (χ3v) is 2.17. The highest BCUT2D eigenvalue weighted by atomic mass is 16.4. The van der Waals surface area contributed by atoms with Gasteiger partial charge in [0.2, 0.25) is 0 Å². The maximum atomic E-state index is 10.3. The Kier molecular flexibility index (Phi) is 4.80. The Labute approximate surface area is 89.1 Å². The van der Waals surface area contributed by atoms with E-state index in [1.165, 1.54) is 12.8 Å². The van der Waals surface area contributed by atoms with Crippen LogP contribution >= 0.6 is 0 Å². The molecule has 0 amide bonds. The zero-order chi connectivity index (χ0) is 11.1. The molecule has 15 heavy (non-hydrogen) atoms. The summed E-state index contributed by atoms with van der Waals surface area (Å²) in [6, 6.07) is 0. The highest BCUT2D eigenvalue weighted by Gasteiger charge is 2.03. The van der Waals surface area contributed by atoms with Gasteiger partial charge in [-0.25, -0.2) is 0 Å². The van der Waals surface area contributed by atoms with Gasteiger partial charge in [0.15, 0.2) is 0 Å². The number of hydrogen-bond acceptors (Lipinski definition) is 3. The van der Waals surface area contributed by atoms with Crippen molar-refractivity contribution in [3.05, 3.63) is 11.9 Å². The van der Waals surface area contributed by atoms with E-state index < -0.39 is 5.97 Å². The lowest BCUT2D eigenvalue weighted by Gasteiger charge is -1.97. The summed E-state index contributed by atoms with van der Waals surface area (Å²) in [5.41, 5.74) is 0.758. The molecule has 0 saturated heterocycles. The number of unbranched alkanes of at least 4 members (excludes halogenated alkanes) is 2. The summed E-state index contributed by atoms with van der Waals surface area (Å²) in [6.45, 7) is 3.02. The van der Waals surface area contributed by atoms with Gasteiger partial charge in [0.1, 0.15) is 0 Å². The third kappa shape index (κ3) is 4.58. The van der Waals surface area contributed by atoms with Crippen LogP contribution in [-0.2, 0) is 17.8 Å². The van der Waals surface area contributed by atoms with Gasteiger partial charge in [-0.15, -0.1) is 5.10 Å². The van der Waals surface area contributed by atoms with Crippen molar-refractivity contribution in [3.63, 3.8) is 0 Å². The van der Waals surface area contributed by atoms with Crippen molar-refractivity contribution < 1.29 is 9.90 Å². The summed E-state index contributed by atoms with van der Waals surface area (Å²) in [5, 5.41) is 16.4. The molecular formula is C10H17N3O2. The van der Waals surface area contributed by atoms with Crippen LogP contribution in [0.1, 0.15) is 38.3 Å². The van der Waals surface area contributed by atoms with Crippen LogP contribution in [-0.4, -0.2) is 26.1 Å². The quantitative estimate of drug-likeness (QED) is 0.694. The molecule has 0 atom stereocenters. The summed E-state index contributed by atoms with van der Waals surface area (Å²) >= 11 is 0. The van der Waals surface area contributed by atoms with E-state index in [2.05, 4.69) is 17.2 Å². The number of carboxylic acids is 1. The summed E-state index contributed by atoms with van der Waals surface area (Å²) in [6.07, 6.45) is 5.87. The smallest absolute Gasteiger partial charge is 0.303 e. The molecular weight excluding hydrogens is 194 g/mol. The van der Waals surface area contributed by atoms with Crippen molar-refractivity contribution in [1.29, 1.82) is 0 Å². The number of hydrogen-bond donors (Lipinski definition) is 1. The van der Waals surface area contributed by atoms with Crippen molar-refractivity contribution in [2.45, 2.75) is 45.6 Å². The van der Waals surface area contributed by atoms with Crippen LogP contribution in [0.3, 0.4) is 0 Å². The van der Waals surface area contributed by atoms with Gasteiger partial charge in [-0.05, 0) is 6.42 Å². The minimum atomic E-state index is -0.796. The maximum absolute atomic E-state index is 10.3. The highest BCUT2D eigenvalue weighted by molar-refractivity contribution is 5.66. The molecule has 1 aromatic rings. The van der Waals surface area contributed by atoms with Gasteiger partial charge in [-0.3, -0.25) is 9.48 Å². The normalized spacial score (nSPS) is 10.5. The lowest BCUT2D eigenvalue weighted by Crippen LogP contribution is -1.98. The number of nitrogens with zero attached hydrogens (tertiary/aromatic N) is 3. The fourth-order valence-corrected chi connectivity index (χ4v) is 1.32.